The van der Waals surface area contributed by atoms with Gasteiger partial charge < -0.3 is 4.74 Å². The summed E-state index contributed by atoms with van der Waals surface area (Å²) in [5.74, 6) is 1.02. The van der Waals surface area contributed by atoms with Crippen LogP contribution in [0.3, 0.4) is 0 Å². The Labute approximate surface area is 75.3 Å². The fraction of sp³-hybridized carbons (Fsp3) is 0.900. The lowest BCUT2D eigenvalue weighted by atomic mass is 9.91. The van der Waals surface area contributed by atoms with E-state index in [0.717, 1.165) is 6.42 Å². The molecule has 0 aromatic rings. The molecule has 0 spiro atoms. The largest absolute Gasteiger partial charge is 0.385 e. The highest BCUT2D eigenvalue weighted by molar-refractivity contribution is 5.80. The number of hydrogen-bond acceptors (Lipinski definition) is 2. The van der Waals surface area contributed by atoms with Gasteiger partial charge in [-0.05, 0) is 12.3 Å². The zero-order valence-corrected chi connectivity index (χ0v) is 8.59. The number of Topliss-reactive ketones (excluding diaryl/α,β-unsaturated/α-hetero) is 1. The third-order valence-electron chi connectivity index (χ3n) is 2.28. The van der Waals surface area contributed by atoms with Gasteiger partial charge in [-0.15, -0.1) is 0 Å². The lowest BCUT2D eigenvalue weighted by Gasteiger charge is -2.13. The summed E-state index contributed by atoms with van der Waals surface area (Å²) >= 11 is 0. The van der Waals surface area contributed by atoms with Crippen molar-refractivity contribution >= 4 is 5.78 Å². The summed E-state index contributed by atoms with van der Waals surface area (Å²) in [6.45, 7) is 6.86. The van der Waals surface area contributed by atoms with Crippen molar-refractivity contribution in [2.75, 3.05) is 13.7 Å². The SMILES string of the molecule is COCCCC(=O)C(C)C(C)C. The number of carbonyl (C=O) groups excluding carboxylic acids is 1. The molecular formula is C10H20O2. The summed E-state index contributed by atoms with van der Waals surface area (Å²) in [6.07, 6.45) is 1.51. The van der Waals surface area contributed by atoms with E-state index in [4.69, 9.17) is 4.74 Å². The van der Waals surface area contributed by atoms with E-state index in [9.17, 15) is 4.79 Å². The van der Waals surface area contributed by atoms with Crippen LogP contribution in [-0.2, 0) is 9.53 Å². The molecule has 12 heavy (non-hydrogen) atoms. The molecule has 0 aromatic carbocycles. The molecule has 0 aliphatic heterocycles. The molecule has 0 heterocycles. The Kier molecular flexibility index (Phi) is 5.99. The van der Waals surface area contributed by atoms with Crippen molar-refractivity contribution in [2.45, 2.75) is 33.6 Å². The number of methoxy groups -OCH3 is 1. The maximum atomic E-state index is 11.4. The van der Waals surface area contributed by atoms with E-state index in [0.29, 0.717) is 24.7 Å². The zero-order chi connectivity index (χ0) is 9.56. The van der Waals surface area contributed by atoms with Crippen LogP contribution in [0.2, 0.25) is 0 Å². The normalized spacial score (nSPS) is 13.4. The molecule has 0 fully saturated rings. The highest BCUT2D eigenvalue weighted by atomic mass is 16.5. The molecule has 0 N–H and O–H groups in total. The van der Waals surface area contributed by atoms with E-state index in [1.54, 1.807) is 7.11 Å². The minimum absolute atomic E-state index is 0.196. The van der Waals surface area contributed by atoms with Crippen molar-refractivity contribution in [3.63, 3.8) is 0 Å². The molecule has 72 valence electrons. The molecule has 0 aromatic heterocycles. The van der Waals surface area contributed by atoms with E-state index in [1.165, 1.54) is 0 Å². The van der Waals surface area contributed by atoms with Crippen molar-refractivity contribution in [1.29, 1.82) is 0 Å². The van der Waals surface area contributed by atoms with E-state index in [2.05, 4.69) is 13.8 Å². The van der Waals surface area contributed by atoms with Crippen LogP contribution >= 0.6 is 0 Å². The molecule has 1 unspecified atom stereocenters. The number of rotatable bonds is 6. The fourth-order valence-corrected chi connectivity index (χ4v) is 0.990. The Morgan fingerprint density at radius 2 is 1.92 bits per heavy atom. The third-order valence-corrected chi connectivity index (χ3v) is 2.28. The van der Waals surface area contributed by atoms with Gasteiger partial charge in [-0.25, -0.2) is 0 Å². The first-order valence-electron chi connectivity index (χ1n) is 4.61. The van der Waals surface area contributed by atoms with Gasteiger partial charge in [0.2, 0.25) is 0 Å². The first kappa shape index (κ1) is 11.6. The van der Waals surface area contributed by atoms with E-state index < -0.39 is 0 Å². The van der Waals surface area contributed by atoms with Crippen LogP contribution < -0.4 is 0 Å². The summed E-state index contributed by atoms with van der Waals surface area (Å²) < 4.78 is 4.88. The molecule has 0 bridgehead atoms. The van der Waals surface area contributed by atoms with Gasteiger partial charge in [0.05, 0.1) is 0 Å². The van der Waals surface area contributed by atoms with Crippen LogP contribution in [0, 0.1) is 11.8 Å². The Bertz CT molecular complexity index is 130. The lowest BCUT2D eigenvalue weighted by molar-refractivity contribution is -0.123. The molecule has 0 saturated heterocycles. The highest BCUT2D eigenvalue weighted by Crippen LogP contribution is 2.13. The molecular weight excluding hydrogens is 152 g/mol. The second-order valence-electron chi connectivity index (χ2n) is 3.60. The van der Waals surface area contributed by atoms with Gasteiger partial charge in [0, 0.05) is 26.1 Å². The van der Waals surface area contributed by atoms with Crippen molar-refractivity contribution in [2.24, 2.45) is 11.8 Å². The smallest absolute Gasteiger partial charge is 0.136 e. The predicted octanol–water partition coefficient (Wildman–Crippen LogP) is 2.27. The van der Waals surface area contributed by atoms with Gasteiger partial charge >= 0.3 is 0 Å². The zero-order valence-electron chi connectivity index (χ0n) is 8.59. The third kappa shape index (κ3) is 4.50. The summed E-state index contributed by atoms with van der Waals surface area (Å²) in [7, 11) is 1.66. The Morgan fingerprint density at radius 1 is 1.33 bits per heavy atom. The molecule has 0 amide bonds. The van der Waals surface area contributed by atoms with Crippen LogP contribution in [0.5, 0.6) is 0 Å². The lowest BCUT2D eigenvalue weighted by Crippen LogP contribution is -2.16. The van der Waals surface area contributed by atoms with Gasteiger partial charge in [0.1, 0.15) is 5.78 Å². The first-order valence-corrected chi connectivity index (χ1v) is 4.61. The Morgan fingerprint density at radius 3 is 2.33 bits per heavy atom. The topological polar surface area (TPSA) is 26.3 Å². The number of hydrogen-bond donors (Lipinski definition) is 0. The molecule has 0 saturated carbocycles. The van der Waals surface area contributed by atoms with Crippen LogP contribution in [-0.4, -0.2) is 19.5 Å². The second-order valence-corrected chi connectivity index (χ2v) is 3.60. The van der Waals surface area contributed by atoms with Crippen molar-refractivity contribution in [1.82, 2.24) is 0 Å². The summed E-state index contributed by atoms with van der Waals surface area (Å²) in [5, 5.41) is 0. The molecule has 0 rings (SSSR count). The minimum atomic E-state index is 0.196. The summed E-state index contributed by atoms with van der Waals surface area (Å²) in [6, 6.07) is 0. The van der Waals surface area contributed by atoms with Crippen molar-refractivity contribution in [3.8, 4) is 0 Å². The van der Waals surface area contributed by atoms with E-state index >= 15 is 0 Å². The van der Waals surface area contributed by atoms with Crippen molar-refractivity contribution < 1.29 is 9.53 Å². The van der Waals surface area contributed by atoms with Gasteiger partial charge in [0.25, 0.3) is 0 Å². The van der Waals surface area contributed by atoms with Crippen LogP contribution in [0.15, 0.2) is 0 Å². The number of ketones is 1. The molecule has 0 radical (unpaired) electrons. The number of carbonyl (C=O) groups is 1. The van der Waals surface area contributed by atoms with Gasteiger partial charge in [-0.3, -0.25) is 4.79 Å². The van der Waals surface area contributed by atoms with Gasteiger partial charge in [-0.1, -0.05) is 20.8 Å². The highest BCUT2D eigenvalue weighted by Gasteiger charge is 2.15. The average molecular weight is 172 g/mol. The Balaban J connectivity index is 3.57. The second kappa shape index (κ2) is 6.18. The Hall–Kier alpha value is -0.370. The fourth-order valence-electron chi connectivity index (χ4n) is 0.990. The standard InChI is InChI=1S/C10H20O2/c1-8(2)9(3)10(11)6-5-7-12-4/h8-9H,5-7H2,1-4H3. The molecule has 0 aliphatic rings. The summed E-state index contributed by atoms with van der Waals surface area (Å²) in [5.41, 5.74) is 0. The van der Waals surface area contributed by atoms with Crippen LogP contribution in [0.25, 0.3) is 0 Å². The minimum Gasteiger partial charge on any atom is -0.385 e. The van der Waals surface area contributed by atoms with E-state index in [1.807, 2.05) is 6.92 Å². The predicted molar refractivity (Wildman–Crippen MR) is 50.1 cm³/mol. The van der Waals surface area contributed by atoms with Crippen LogP contribution in [0.1, 0.15) is 33.6 Å². The van der Waals surface area contributed by atoms with Gasteiger partial charge in [-0.2, -0.15) is 0 Å². The van der Waals surface area contributed by atoms with E-state index in [-0.39, 0.29) is 5.92 Å². The molecule has 2 heteroatoms. The maximum Gasteiger partial charge on any atom is 0.136 e. The van der Waals surface area contributed by atoms with Gasteiger partial charge in [0.15, 0.2) is 0 Å². The average Bonchev–Trinajstić information content (AvgIpc) is 2.03. The molecule has 1 atom stereocenters. The quantitative estimate of drug-likeness (QED) is 0.574. The molecule has 2 nitrogen and oxygen atoms in total. The molecule has 0 aliphatic carbocycles. The summed E-state index contributed by atoms with van der Waals surface area (Å²) in [4.78, 5) is 11.4. The number of ether oxygens (including phenoxy) is 1. The first-order chi connectivity index (χ1) is 5.59. The van der Waals surface area contributed by atoms with Crippen molar-refractivity contribution in [3.05, 3.63) is 0 Å². The maximum absolute atomic E-state index is 11.4. The monoisotopic (exact) mass is 172 g/mol. The van der Waals surface area contributed by atoms with Crippen LogP contribution in [0.4, 0.5) is 0 Å².